The van der Waals surface area contributed by atoms with Crippen LogP contribution in [-0.4, -0.2) is 27.6 Å². The maximum absolute atomic E-state index is 12.9. The molecule has 0 bridgehead atoms. The average Bonchev–Trinajstić information content (AvgIpc) is 3.37. The third-order valence-electron chi connectivity index (χ3n) is 5.06. The lowest BCUT2D eigenvalue weighted by atomic mass is 10.1. The van der Waals surface area contributed by atoms with Crippen molar-refractivity contribution in [3.63, 3.8) is 0 Å². The Kier molecular flexibility index (Phi) is 5.20. The number of carbonyl (C=O) groups excluding carboxylic acids is 1. The molecule has 3 heterocycles. The molecule has 5 rings (SSSR count). The number of para-hydroxylation sites is 1. The summed E-state index contributed by atoms with van der Waals surface area (Å²) in [6.45, 7) is 2.77. The van der Waals surface area contributed by atoms with Crippen LogP contribution in [0.1, 0.15) is 16.1 Å². The summed E-state index contributed by atoms with van der Waals surface area (Å²) < 4.78 is 0.978. The van der Waals surface area contributed by atoms with Crippen LogP contribution in [0, 0.1) is 6.92 Å². The van der Waals surface area contributed by atoms with Gasteiger partial charge in [0.05, 0.1) is 22.1 Å². The summed E-state index contributed by atoms with van der Waals surface area (Å²) in [5, 5.41) is 3.16. The summed E-state index contributed by atoms with van der Waals surface area (Å²) in [5.74, 6) is 1.48. The topological polar surface area (TPSA) is 45.6 Å². The molecule has 0 unspecified atom stereocenters. The molecule has 2 aliphatic heterocycles. The number of aromatic nitrogens is 1. The quantitative estimate of drug-likeness (QED) is 0.529. The Bertz CT molecular complexity index is 1120. The number of thiazole rings is 1. The molecule has 0 saturated heterocycles. The monoisotopic (exact) mass is 437 g/mol. The standard InChI is InChI=1S/C22H19N3OS3/c1-14-23-19(12-27-14)15-6-7-20-16(10-15)8-9-25(20)21(26)13-29-22-24-18-5-3-2-4-17(18)11-28-22/h2-7,10,12H,8-9,11,13H2,1H3. The molecule has 0 spiro atoms. The summed E-state index contributed by atoms with van der Waals surface area (Å²) >= 11 is 4.92. The van der Waals surface area contributed by atoms with Crippen molar-refractivity contribution in [2.75, 3.05) is 17.2 Å². The highest BCUT2D eigenvalue weighted by Crippen LogP contribution is 2.36. The number of fused-ring (bicyclic) bond motifs is 2. The lowest BCUT2D eigenvalue weighted by Gasteiger charge is -2.18. The van der Waals surface area contributed by atoms with Crippen LogP contribution in [0.3, 0.4) is 0 Å². The van der Waals surface area contributed by atoms with Crippen LogP contribution in [0.5, 0.6) is 0 Å². The molecular weight excluding hydrogens is 418 g/mol. The van der Waals surface area contributed by atoms with E-state index >= 15 is 0 Å². The van der Waals surface area contributed by atoms with Crippen molar-refractivity contribution in [2.24, 2.45) is 4.99 Å². The number of thioether (sulfide) groups is 2. The van der Waals surface area contributed by atoms with Gasteiger partial charge < -0.3 is 4.90 Å². The van der Waals surface area contributed by atoms with Crippen molar-refractivity contribution < 1.29 is 4.79 Å². The van der Waals surface area contributed by atoms with Gasteiger partial charge in [-0.25, -0.2) is 9.98 Å². The summed E-state index contributed by atoms with van der Waals surface area (Å²) in [5.41, 5.74) is 6.69. The molecule has 0 saturated carbocycles. The van der Waals surface area contributed by atoms with E-state index in [0.717, 1.165) is 50.7 Å². The Morgan fingerprint density at radius 1 is 1.21 bits per heavy atom. The first-order valence-corrected chi connectivity index (χ1v) is 12.3. The van der Waals surface area contributed by atoms with Gasteiger partial charge in [-0.05, 0) is 42.7 Å². The predicted molar refractivity (Wildman–Crippen MR) is 126 cm³/mol. The first-order chi connectivity index (χ1) is 14.2. The molecule has 1 amide bonds. The van der Waals surface area contributed by atoms with Gasteiger partial charge in [-0.15, -0.1) is 11.3 Å². The number of anilines is 1. The van der Waals surface area contributed by atoms with E-state index in [-0.39, 0.29) is 5.91 Å². The third kappa shape index (κ3) is 3.86. The second-order valence-corrected chi connectivity index (χ2v) is 10.2. The number of nitrogens with zero attached hydrogens (tertiary/aromatic N) is 3. The van der Waals surface area contributed by atoms with Gasteiger partial charge >= 0.3 is 0 Å². The molecule has 2 aromatic carbocycles. The van der Waals surface area contributed by atoms with Crippen LogP contribution < -0.4 is 4.90 Å². The smallest absolute Gasteiger partial charge is 0.237 e. The number of hydrogen-bond donors (Lipinski definition) is 0. The van der Waals surface area contributed by atoms with Crippen molar-refractivity contribution in [1.82, 2.24) is 4.98 Å². The first-order valence-electron chi connectivity index (χ1n) is 9.45. The van der Waals surface area contributed by atoms with E-state index in [1.165, 1.54) is 11.1 Å². The van der Waals surface area contributed by atoms with Crippen LogP contribution in [0.4, 0.5) is 11.4 Å². The highest BCUT2D eigenvalue weighted by Gasteiger charge is 2.26. The summed E-state index contributed by atoms with van der Waals surface area (Å²) in [7, 11) is 0. The van der Waals surface area contributed by atoms with Gasteiger partial charge in [0.25, 0.3) is 0 Å². The van der Waals surface area contributed by atoms with Crippen molar-refractivity contribution in [3.05, 3.63) is 64.0 Å². The van der Waals surface area contributed by atoms with Gasteiger partial charge in [0.2, 0.25) is 5.91 Å². The largest absolute Gasteiger partial charge is 0.311 e. The van der Waals surface area contributed by atoms with Gasteiger partial charge in [0.1, 0.15) is 4.38 Å². The van der Waals surface area contributed by atoms with E-state index in [2.05, 4.69) is 34.6 Å². The average molecular weight is 438 g/mol. The van der Waals surface area contributed by atoms with Crippen LogP contribution in [-0.2, 0) is 17.0 Å². The van der Waals surface area contributed by atoms with Crippen LogP contribution >= 0.6 is 34.9 Å². The second-order valence-electron chi connectivity index (χ2n) is 6.97. The van der Waals surface area contributed by atoms with Crippen LogP contribution in [0.15, 0.2) is 52.8 Å². The minimum absolute atomic E-state index is 0.146. The number of aryl methyl sites for hydroxylation is 1. The lowest BCUT2D eigenvalue weighted by Crippen LogP contribution is -2.30. The van der Waals surface area contributed by atoms with Crippen molar-refractivity contribution in [3.8, 4) is 11.3 Å². The fraction of sp³-hybridized carbons (Fsp3) is 0.227. The zero-order chi connectivity index (χ0) is 19.8. The van der Waals surface area contributed by atoms with E-state index in [1.54, 1.807) is 34.9 Å². The number of amides is 1. The highest BCUT2D eigenvalue weighted by molar-refractivity contribution is 8.38. The molecule has 4 nitrogen and oxygen atoms in total. The van der Waals surface area contributed by atoms with E-state index in [9.17, 15) is 4.79 Å². The maximum Gasteiger partial charge on any atom is 0.237 e. The number of benzene rings is 2. The van der Waals surface area contributed by atoms with Crippen molar-refractivity contribution in [2.45, 2.75) is 19.1 Å². The molecule has 2 aliphatic rings. The van der Waals surface area contributed by atoms with E-state index in [0.29, 0.717) is 5.75 Å². The van der Waals surface area contributed by atoms with Crippen LogP contribution in [0.2, 0.25) is 0 Å². The molecule has 0 aliphatic carbocycles. The third-order valence-corrected chi connectivity index (χ3v) is 8.07. The molecule has 0 radical (unpaired) electrons. The molecule has 29 heavy (non-hydrogen) atoms. The molecule has 7 heteroatoms. The first kappa shape index (κ1) is 18.9. The second kappa shape index (κ2) is 7.97. The van der Waals surface area contributed by atoms with Gasteiger partial charge in [-0.1, -0.05) is 47.8 Å². The Morgan fingerprint density at radius 3 is 2.97 bits per heavy atom. The van der Waals surface area contributed by atoms with E-state index < -0.39 is 0 Å². The molecule has 0 fully saturated rings. The number of carbonyl (C=O) groups is 1. The van der Waals surface area contributed by atoms with Gasteiger partial charge in [-0.2, -0.15) is 0 Å². The predicted octanol–water partition coefficient (Wildman–Crippen LogP) is 5.68. The minimum Gasteiger partial charge on any atom is -0.311 e. The fourth-order valence-electron chi connectivity index (χ4n) is 3.60. The number of hydrogen-bond acceptors (Lipinski definition) is 6. The molecule has 3 aromatic rings. The molecule has 0 atom stereocenters. The molecular formula is C22H19N3OS3. The Labute approximate surface area is 182 Å². The zero-order valence-electron chi connectivity index (χ0n) is 15.9. The van der Waals surface area contributed by atoms with Gasteiger partial charge in [0.15, 0.2) is 0 Å². The van der Waals surface area contributed by atoms with Crippen LogP contribution in [0.25, 0.3) is 11.3 Å². The zero-order valence-corrected chi connectivity index (χ0v) is 18.4. The van der Waals surface area contributed by atoms with Crippen molar-refractivity contribution >= 4 is 56.5 Å². The van der Waals surface area contributed by atoms with Crippen molar-refractivity contribution in [1.29, 1.82) is 0 Å². The van der Waals surface area contributed by atoms with Gasteiger partial charge in [0, 0.05) is 28.9 Å². The highest BCUT2D eigenvalue weighted by atomic mass is 32.2. The maximum atomic E-state index is 12.9. The fourth-order valence-corrected chi connectivity index (χ4v) is 6.16. The number of rotatable bonds is 3. The summed E-state index contributed by atoms with van der Waals surface area (Å²) in [6.07, 6.45) is 0.895. The minimum atomic E-state index is 0.146. The Balaban J connectivity index is 1.27. The Hall–Kier alpha value is -2.09. The van der Waals surface area contributed by atoms with E-state index in [1.807, 2.05) is 30.0 Å². The molecule has 146 valence electrons. The molecule has 1 aromatic heterocycles. The number of aliphatic imine (C=N–C) groups is 1. The summed E-state index contributed by atoms with van der Waals surface area (Å²) in [4.78, 5) is 24.1. The van der Waals surface area contributed by atoms with Gasteiger partial charge in [-0.3, -0.25) is 4.79 Å². The SMILES string of the molecule is Cc1nc(-c2ccc3c(c2)CCN3C(=O)CSC2=Nc3ccccc3CS2)cs1. The summed E-state index contributed by atoms with van der Waals surface area (Å²) in [6, 6.07) is 14.5. The molecule has 0 N–H and O–H groups in total. The Morgan fingerprint density at radius 2 is 2.10 bits per heavy atom. The van der Waals surface area contributed by atoms with E-state index in [4.69, 9.17) is 4.99 Å². The normalized spacial score (nSPS) is 15.1. The lowest BCUT2D eigenvalue weighted by molar-refractivity contribution is -0.116.